The third-order valence-electron chi connectivity index (χ3n) is 3.88. The normalized spacial score (nSPS) is 21.6. The number of hydrogen-bond acceptors (Lipinski definition) is 4. The number of hydrogen-bond donors (Lipinski definition) is 1. The first-order valence-corrected chi connectivity index (χ1v) is 6.81. The van der Waals surface area contributed by atoms with Crippen molar-refractivity contribution in [3.8, 4) is 0 Å². The molecule has 1 fully saturated rings. The van der Waals surface area contributed by atoms with Crippen LogP contribution >= 0.6 is 0 Å². The Bertz CT molecular complexity index is 412. The summed E-state index contributed by atoms with van der Waals surface area (Å²) in [4.78, 5) is 4.75. The molecule has 2 N–H and O–H groups in total. The minimum Gasteiger partial charge on any atom is -0.394 e. The van der Waals surface area contributed by atoms with Crippen molar-refractivity contribution >= 4 is 11.5 Å². The monoisotopic (exact) mass is 251 g/mol. The molecular weight excluding hydrogens is 226 g/mol. The van der Waals surface area contributed by atoms with Gasteiger partial charge in [-0.3, -0.25) is 4.68 Å². The van der Waals surface area contributed by atoms with Crippen LogP contribution in [0.4, 0.5) is 11.5 Å². The second kappa shape index (κ2) is 5.18. The second-order valence-corrected chi connectivity index (χ2v) is 5.33. The molecule has 0 bridgehead atoms. The van der Waals surface area contributed by atoms with Crippen LogP contribution in [-0.4, -0.2) is 47.4 Å². The molecule has 0 aromatic carbocycles. The van der Waals surface area contributed by atoms with Gasteiger partial charge in [-0.05, 0) is 20.4 Å². The van der Waals surface area contributed by atoms with Gasteiger partial charge in [-0.2, -0.15) is 5.10 Å². The van der Waals surface area contributed by atoms with Crippen molar-refractivity contribution < 1.29 is 0 Å². The molecule has 1 aliphatic rings. The molecule has 1 atom stereocenters. The number of aromatic nitrogens is 2. The van der Waals surface area contributed by atoms with Gasteiger partial charge in [0.25, 0.3) is 0 Å². The van der Waals surface area contributed by atoms with Crippen LogP contribution in [0.5, 0.6) is 0 Å². The topological polar surface area (TPSA) is 50.3 Å². The van der Waals surface area contributed by atoms with Crippen molar-refractivity contribution in [1.29, 1.82) is 0 Å². The Hall–Kier alpha value is -1.23. The summed E-state index contributed by atoms with van der Waals surface area (Å²) in [6.45, 7) is 7.54. The van der Waals surface area contributed by atoms with E-state index >= 15 is 0 Å². The highest BCUT2D eigenvalue weighted by molar-refractivity contribution is 5.66. The largest absolute Gasteiger partial charge is 0.394 e. The zero-order valence-corrected chi connectivity index (χ0v) is 12.0. The van der Waals surface area contributed by atoms with Crippen molar-refractivity contribution in [1.82, 2.24) is 14.7 Å². The van der Waals surface area contributed by atoms with E-state index < -0.39 is 0 Å². The number of rotatable bonds is 3. The quantitative estimate of drug-likeness (QED) is 0.874. The third kappa shape index (κ3) is 2.32. The van der Waals surface area contributed by atoms with Crippen LogP contribution in [0.15, 0.2) is 0 Å². The van der Waals surface area contributed by atoms with Gasteiger partial charge in [0.1, 0.15) is 0 Å². The summed E-state index contributed by atoms with van der Waals surface area (Å²) in [6.07, 6.45) is 2.04. The number of anilines is 2. The number of nitrogens with zero attached hydrogens (tertiary/aromatic N) is 4. The van der Waals surface area contributed by atoms with Crippen molar-refractivity contribution in [2.75, 3.05) is 37.3 Å². The highest BCUT2D eigenvalue weighted by Gasteiger charge is 2.25. The molecule has 18 heavy (non-hydrogen) atoms. The Morgan fingerprint density at radius 2 is 2.06 bits per heavy atom. The van der Waals surface area contributed by atoms with E-state index in [0.29, 0.717) is 6.04 Å². The molecule has 0 radical (unpaired) electrons. The lowest BCUT2D eigenvalue weighted by atomic mass is 10.2. The lowest BCUT2D eigenvalue weighted by molar-refractivity contribution is 0.233. The fourth-order valence-corrected chi connectivity index (χ4v) is 2.62. The van der Waals surface area contributed by atoms with Gasteiger partial charge < -0.3 is 15.5 Å². The predicted octanol–water partition coefficient (Wildman–Crippen LogP) is 1.10. The minimum atomic E-state index is 0.558. The summed E-state index contributed by atoms with van der Waals surface area (Å²) in [6, 6.07) is 0.558. The van der Waals surface area contributed by atoms with Crippen LogP contribution in [0, 0.1) is 0 Å². The van der Waals surface area contributed by atoms with Crippen molar-refractivity contribution in [2.24, 2.45) is 7.05 Å². The lowest BCUT2D eigenvalue weighted by Gasteiger charge is -2.38. The Morgan fingerprint density at radius 3 is 2.67 bits per heavy atom. The Labute approximate surface area is 110 Å². The van der Waals surface area contributed by atoms with Crippen LogP contribution in [-0.2, 0) is 13.5 Å². The van der Waals surface area contributed by atoms with Gasteiger partial charge in [-0.15, -0.1) is 0 Å². The minimum absolute atomic E-state index is 0.558. The molecule has 1 saturated heterocycles. The van der Waals surface area contributed by atoms with E-state index in [4.69, 9.17) is 5.73 Å². The smallest absolute Gasteiger partial charge is 0.150 e. The molecule has 5 nitrogen and oxygen atoms in total. The molecule has 0 saturated carbocycles. The fraction of sp³-hybridized carbons (Fsp3) is 0.769. The first-order valence-electron chi connectivity index (χ1n) is 6.81. The molecule has 1 aliphatic heterocycles. The van der Waals surface area contributed by atoms with Crippen LogP contribution in [0.25, 0.3) is 0 Å². The predicted molar refractivity (Wildman–Crippen MR) is 75.9 cm³/mol. The second-order valence-electron chi connectivity index (χ2n) is 5.33. The first kappa shape index (κ1) is 13.2. The van der Waals surface area contributed by atoms with Gasteiger partial charge >= 0.3 is 0 Å². The molecule has 1 aromatic heterocycles. The van der Waals surface area contributed by atoms with Gasteiger partial charge in [-0.1, -0.05) is 13.3 Å². The number of nitrogen functional groups attached to an aromatic ring is 1. The van der Waals surface area contributed by atoms with Crippen LogP contribution in [0.2, 0.25) is 0 Å². The molecule has 102 valence electrons. The van der Waals surface area contributed by atoms with E-state index in [1.54, 1.807) is 0 Å². The highest BCUT2D eigenvalue weighted by atomic mass is 15.4. The molecule has 0 amide bonds. The number of aryl methyl sites for hydroxylation is 2. The summed E-state index contributed by atoms with van der Waals surface area (Å²) in [5.41, 5.74) is 8.18. The van der Waals surface area contributed by atoms with Crippen LogP contribution in [0.1, 0.15) is 26.0 Å². The molecule has 1 unspecified atom stereocenters. The van der Waals surface area contributed by atoms with Crippen molar-refractivity contribution in [3.63, 3.8) is 0 Å². The van der Waals surface area contributed by atoms with E-state index in [9.17, 15) is 0 Å². The summed E-state index contributed by atoms with van der Waals surface area (Å²) in [5, 5.41) is 4.56. The third-order valence-corrected chi connectivity index (χ3v) is 3.88. The van der Waals surface area contributed by atoms with Gasteiger partial charge in [0.05, 0.1) is 11.4 Å². The SMILES string of the molecule is CCCc1nn(C)c(N2CCN(C)C(C)C2)c1N. The molecule has 0 spiro atoms. The zero-order valence-electron chi connectivity index (χ0n) is 12.0. The van der Waals surface area contributed by atoms with E-state index in [0.717, 1.165) is 49.7 Å². The van der Waals surface area contributed by atoms with E-state index in [-0.39, 0.29) is 0 Å². The summed E-state index contributed by atoms with van der Waals surface area (Å²) in [7, 11) is 4.17. The Kier molecular flexibility index (Phi) is 3.80. The number of piperazine rings is 1. The molecule has 2 heterocycles. The lowest BCUT2D eigenvalue weighted by Crippen LogP contribution is -2.50. The maximum Gasteiger partial charge on any atom is 0.150 e. The molecular formula is C13H25N5. The van der Waals surface area contributed by atoms with E-state index in [1.807, 2.05) is 11.7 Å². The van der Waals surface area contributed by atoms with Gasteiger partial charge in [0.2, 0.25) is 0 Å². The van der Waals surface area contributed by atoms with Gasteiger partial charge in [-0.25, -0.2) is 0 Å². The maximum absolute atomic E-state index is 6.26. The number of nitrogens with two attached hydrogens (primary N) is 1. The van der Waals surface area contributed by atoms with Gasteiger partial charge in [0.15, 0.2) is 5.82 Å². The van der Waals surface area contributed by atoms with Crippen molar-refractivity contribution in [3.05, 3.63) is 5.69 Å². The van der Waals surface area contributed by atoms with Crippen molar-refractivity contribution in [2.45, 2.75) is 32.7 Å². The standard InChI is InChI=1S/C13H25N5/c1-5-6-11-12(14)13(17(4)15-11)18-8-7-16(3)10(2)9-18/h10H,5-9,14H2,1-4H3. The first-order chi connectivity index (χ1) is 8.54. The summed E-state index contributed by atoms with van der Waals surface area (Å²) < 4.78 is 1.94. The molecule has 5 heteroatoms. The zero-order chi connectivity index (χ0) is 13.3. The average Bonchev–Trinajstić information content (AvgIpc) is 2.59. The van der Waals surface area contributed by atoms with Crippen LogP contribution in [0.3, 0.4) is 0 Å². The highest BCUT2D eigenvalue weighted by Crippen LogP contribution is 2.28. The maximum atomic E-state index is 6.26. The molecule has 2 rings (SSSR count). The number of likely N-dealkylation sites (N-methyl/N-ethyl adjacent to an activating group) is 1. The van der Waals surface area contributed by atoms with E-state index in [2.05, 4.69) is 35.8 Å². The Morgan fingerprint density at radius 1 is 1.33 bits per heavy atom. The molecule has 0 aliphatic carbocycles. The summed E-state index contributed by atoms with van der Waals surface area (Å²) in [5.74, 6) is 1.10. The van der Waals surface area contributed by atoms with E-state index in [1.165, 1.54) is 0 Å². The fourth-order valence-electron chi connectivity index (χ4n) is 2.62. The summed E-state index contributed by atoms with van der Waals surface area (Å²) >= 11 is 0. The van der Waals surface area contributed by atoms with Gasteiger partial charge in [0, 0.05) is 32.7 Å². The molecule has 1 aromatic rings. The van der Waals surface area contributed by atoms with Crippen LogP contribution < -0.4 is 10.6 Å². The average molecular weight is 251 g/mol. The Balaban J connectivity index is 2.23.